The Morgan fingerprint density at radius 3 is 2.44 bits per heavy atom. The lowest BCUT2D eigenvalue weighted by Gasteiger charge is -2.31. The average Bonchev–Trinajstić information content (AvgIpc) is 3.01. The van der Waals surface area contributed by atoms with Crippen LogP contribution in [0, 0.1) is 25.2 Å². The minimum Gasteiger partial charge on any atom is -0.493 e. The van der Waals surface area contributed by atoms with E-state index in [2.05, 4.69) is 43.3 Å². The molecule has 226 valence electrons. The van der Waals surface area contributed by atoms with Gasteiger partial charge in [-0.2, -0.15) is 0 Å². The summed E-state index contributed by atoms with van der Waals surface area (Å²) in [6, 6.07) is 21.9. The van der Waals surface area contributed by atoms with Crippen LogP contribution < -0.4 is 4.74 Å². The van der Waals surface area contributed by atoms with Gasteiger partial charge in [-0.1, -0.05) is 76.2 Å². The second-order valence-corrected chi connectivity index (χ2v) is 10.5. The molecule has 0 aliphatic carbocycles. The summed E-state index contributed by atoms with van der Waals surface area (Å²) in [6.07, 6.45) is 11.7. The predicted molar refractivity (Wildman–Crippen MR) is 182 cm³/mol. The molecular weight excluding hydrogens is 530 g/mol. The normalized spacial score (nSPS) is 17.7. The van der Waals surface area contributed by atoms with Crippen LogP contribution >= 0.6 is 0 Å². The zero-order chi connectivity index (χ0) is 32.0. The number of fused-ring (bicyclic) bond motifs is 6. The van der Waals surface area contributed by atoms with Crippen LogP contribution in [0.4, 0.5) is 0 Å². The van der Waals surface area contributed by atoms with Gasteiger partial charge < -0.3 is 9.84 Å². The summed E-state index contributed by atoms with van der Waals surface area (Å²) in [5.41, 5.74) is 5.50. The van der Waals surface area contributed by atoms with Crippen LogP contribution in [0.25, 0.3) is 5.57 Å². The SMILES string of the molecule is C#CC.CC.CCC(C)C=N/C=C(\C)C1(O)c2cccc(c2)OCCc2cccc(c2)/C(=C/C(C)=O)c2cc1ccc2C. The molecule has 1 aliphatic rings. The van der Waals surface area contributed by atoms with Crippen LogP contribution in [0.1, 0.15) is 88.3 Å². The van der Waals surface area contributed by atoms with Gasteiger partial charge in [0.2, 0.25) is 0 Å². The number of carbonyl (C=O) groups excluding carboxylic acids is 1. The first-order valence-corrected chi connectivity index (χ1v) is 15.1. The summed E-state index contributed by atoms with van der Waals surface area (Å²) in [4.78, 5) is 16.9. The average molecular weight is 578 g/mol. The molecule has 0 saturated carbocycles. The molecule has 0 amide bonds. The number of rotatable bonds is 5. The molecule has 1 heterocycles. The zero-order valence-electron chi connectivity index (χ0n) is 27.1. The van der Waals surface area contributed by atoms with Crippen molar-refractivity contribution in [3.05, 3.63) is 118 Å². The highest BCUT2D eigenvalue weighted by Gasteiger charge is 2.35. The second-order valence-electron chi connectivity index (χ2n) is 10.5. The number of carbonyl (C=O) groups is 1. The van der Waals surface area contributed by atoms with E-state index in [4.69, 9.17) is 4.74 Å². The van der Waals surface area contributed by atoms with Crippen molar-refractivity contribution in [2.75, 3.05) is 6.61 Å². The Hall–Kier alpha value is -4.20. The molecule has 0 radical (unpaired) electrons. The van der Waals surface area contributed by atoms with Crippen LogP contribution in [-0.2, 0) is 16.8 Å². The molecule has 2 atom stereocenters. The third-order valence-electron chi connectivity index (χ3n) is 7.27. The smallest absolute Gasteiger partial charge is 0.153 e. The highest BCUT2D eigenvalue weighted by molar-refractivity contribution is 5.99. The predicted octanol–water partition coefficient (Wildman–Crippen LogP) is 8.87. The maximum Gasteiger partial charge on any atom is 0.153 e. The number of aliphatic hydroxyl groups is 1. The quantitative estimate of drug-likeness (QED) is 0.187. The van der Waals surface area contributed by atoms with Crippen LogP contribution in [0.15, 0.2) is 89.6 Å². The standard InChI is InChI=1S/C34H37NO3.C3H4.C2H6/c1-6-23(2)21-35-22-25(4)34(37)29-11-8-12-31(19-29)38-16-15-27-9-7-10-28(18-27)33(17-26(5)36)32-20-30(34)14-13-24(32)3;1-3-2;1-2/h7-14,17-23,37H,6,15-16H2,1-5H3;1H,2H3;1-2H3/b25-22+,33-17-,35-21?;;. The van der Waals surface area contributed by atoms with E-state index >= 15 is 0 Å². The Bertz CT molecular complexity index is 1500. The summed E-state index contributed by atoms with van der Waals surface area (Å²) in [7, 11) is 0. The summed E-state index contributed by atoms with van der Waals surface area (Å²) < 4.78 is 6.13. The van der Waals surface area contributed by atoms with E-state index in [0.717, 1.165) is 40.7 Å². The summed E-state index contributed by atoms with van der Waals surface area (Å²) in [5.74, 6) is 3.27. The summed E-state index contributed by atoms with van der Waals surface area (Å²) >= 11 is 0. The third-order valence-corrected chi connectivity index (χ3v) is 7.27. The van der Waals surface area contributed by atoms with Crippen molar-refractivity contribution in [1.82, 2.24) is 0 Å². The lowest BCUT2D eigenvalue weighted by molar-refractivity contribution is -0.112. The number of terminal acetylenes is 1. The van der Waals surface area contributed by atoms with Crippen molar-refractivity contribution < 1.29 is 14.6 Å². The molecule has 0 spiro atoms. The Balaban J connectivity index is 0.00000121. The monoisotopic (exact) mass is 577 g/mol. The number of aliphatic imine (C=N–C) groups is 1. The first-order valence-electron chi connectivity index (χ1n) is 15.1. The number of allylic oxidation sites excluding steroid dienone is 1. The van der Waals surface area contributed by atoms with Gasteiger partial charge in [0.15, 0.2) is 5.78 Å². The van der Waals surface area contributed by atoms with Gasteiger partial charge in [-0.25, -0.2) is 0 Å². The molecule has 1 aliphatic heterocycles. The number of hydrogen-bond acceptors (Lipinski definition) is 4. The van der Waals surface area contributed by atoms with Gasteiger partial charge >= 0.3 is 0 Å². The molecule has 4 heteroatoms. The van der Waals surface area contributed by atoms with E-state index in [1.54, 1.807) is 26.1 Å². The van der Waals surface area contributed by atoms with E-state index in [1.807, 2.05) is 88.5 Å². The minimum absolute atomic E-state index is 0.0296. The molecule has 3 aromatic rings. The second kappa shape index (κ2) is 17.0. The Morgan fingerprint density at radius 2 is 1.77 bits per heavy atom. The molecule has 1 N–H and O–H groups in total. The lowest BCUT2D eigenvalue weighted by atomic mass is 9.78. The van der Waals surface area contributed by atoms with Crippen LogP contribution in [0.3, 0.4) is 0 Å². The fraction of sp³-hybridized carbons (Fsp3) is 0.333. The van der Waals surface area contributed by atoms with Gasteiger partial charge in [0.25, 0.3) is 0 Å². The first kappa shape index (κ1) is 35.0. The highest BCUT2D eigenvalue weighted by atomic mass is 16.5. The van der Waals surface area contributed by atoms with Crippen LogP contribution in [0.5, 0.6) is 5.75 Å². The summed E-state index contributed by atoms with van der Waals surface area (Å²) in [6.45, 7) is 15.9. The number of ketones is 1. The summed E-state index contributed by atoms with van der Waals surface area (Å²) in [5, 5.41) is 12.5. The van der Waals surface area contributed by atoms with Crippen molar-refractivity contribution >= 4 is 17.6 Å². The number of nitrogens with zero attached hydrogens (tertiary/aromatic N) is 1. The minimum atomic E-state index is -1.46. The molecular formula is C39H47NO3. The van der Waals surface area contributed by atoms with Crippen molar-refractivity contribution in [2.45, 2.75) is 73.8 Å². The number of benzene rings is 3. The van der Waals surface area contributed by atoms with E-state index in [9.17, 15) is 9.90 Å². The number of aryl methyl sites for hydroxylation is 1. The van der Waals surface area contributed by atoms with E-state index in [1.165, 1.54) is 0 Å². The number of hydrogen-bond donors (Lipinski definition) is 1. The number of ether oxygens (including phenoxy) is 1. The third kappa shape index (κ3) is 9.14. The van der Waals surface area contributed by atoms with Gasteiger partial charge in [0.05, 0.1) is 6.61 Å². The molecule has 0 saturated heterocycles. The fourth-order valence-corrected chi connectivity index (χ4v) is 4.77. The van der Waals surface area contributed by atoms with Crippen molar-refractivity contribution in [3.8, 4) is 18.1 Å². The maximum atomic E-state index is 12.5. The maximum absolute atomic E-state index is 12.5. The molecule has 2 unspecified atom stereocenters. The van der Waals surface area contributed by atoms with Gasteiger partial charge in [-0.15, -0.1) is 12.3 Å². The topological polar surface area (TPSA) is 58.9 Å². The zero-order valence-corrected chi connectivity index (χ0v) is 27.1. The Morgan fingerprint density at radius 1 is 1.09 bits per heavy atom. The van der Waals surface area contributed by atoms with Gasteiger partial charge in [0.1, 0.15) is 11.4 Å². The molecule has 4 nitrogen and oxygen atoms in total. The fourth-order valence-electron chi connectivity index (χ4n) is 4.77. The molecule has 3 aromatic carbocycles. The molecule has 43 heavy (non-hydrogen) atoms. The van der Waals surface area contributed by atoms with Crippen molar-refractivity contribution in [3.63, 3.8) is 0 Å². The Labute approximate surface area is 259 Å². The molecule has 0 fully saturated rings. The largest absolute Gasteiger partial charge is 0.493 e. The molecule has 0 aromatic heterocycles. The molecule has 4 rings (SSSR count). The Kier molecular flexibility index (Phi) is 13.9. The first-order chi connectivity index (χ1) is 20.6. The van der Waals surface area contributed by atoms with Crippen LogP contribution in [0.2, 0.25) is 0 Å². The van der Waals surface area contributed by atoms with Gasteiger partial charge in [0, 0.05) is 18.8 Å². The van der Waals surface area contributed by atoms with Crippen molar-refractivity contribution in [1.29, 1.82) is 0 Å². The van der Waals surface area contributed by atoms with E-state index in [0.29, 0.717) is 35.0 Å². The van der Waals surface area contributed by atoms with E-state index < -0.39 is 5.60 Å². The van der Waals surface area contributed by atoms with Crippen molar-refractivity contribution in [2.24, 2.45) is 10.9 Å². The van der Waals surface area contributed by atoms with Gasteiger partial charge in [-0.3, -0.25) is 9.79 Å². The van der Waals surface area contributed by atoms with Crippen LogP contribution in [-0.4, -0.2) is 23.7 Å². The lowest BCUT2D eigenvalue weighted by Crippen LogP contribution is -2.29. The molecule has 6 bridgehead atoms. The highest BCUT2D eigenvalue weighted by Crippen LogP contribution is 2.40. The van der Waals surface area contributed by atoms with E-state index in [-0.39, 0.29) is 5.78 Å². The van der Waals surface area contributed by atoms with Gasteiger partial charge in [-0.05, 0) is 109 Å².